The van der Waals surface area contributed by atoms with E-state index in [-0.39, 0.29) is 0 Å². The molecule has 0 aliphatic carbocycles. The zero-order chi connectivity index (χ0) is 11.5. The molecule has 0 radical (unpaired) electrons. The van der Waals surface area contributed by atoms with Crippen molar-refractivity contribution in [3.05, 3.63) is 22.8 Å². The summed E-state index contributed by atoms with van der Waals surface area (Å²) in [7, 11) is 3.39. The Balaban J connectivity index is 2.60. The lowest BCUT2D eigenvalue weighted by atomic mass is 9.95. The highest BCUT2D eigenvalue weighted by Crippen LogP contribution is 2.35. The average molecular weight is 222 g/mol. The molecule has 2 rings (SSSR count). The van der Waals surface area contributed by atoms with Crippen LogP contribution >= 0.6 is 0 Å². The van der Waals surface area contributed by atoms with Gasteiger partial charge in [0.05, 0.1) is 14.2 Å². The van der Waals surface area contributed by atoms with Gasteiger partial charge in [-0.05, 0) is 19.0 Å². The van der Waals surface area contributed by atoms with Crippen molar-refractivity contribution in [2.75, 3.05) is 20.8 Å². The van der Waals surface area contributed by atoms with Crippen molar-refractivity contribution in [1.29, 1.82) is 0 Å². The van der Waals surface area contributed by atoms with Crippen molar-refractivity contribution in [3.8, 4) is 11.5 Å². The second-order valence-corrected chi connectivity index (χ2v) is 3.86. The normalized spacial score (nSPS) is 14.4. The maximum atomic E-state index is 5.73. The number of hydrogen-bond acceptors (Lipinski definition) is 4. The Morgan fingerprint density at radius 1 is 1.31 bits per heavy atom. The Morgan fingerprint density at radius 2 is 2.12 bits per heavy atom. The Kier molecular flexibility index (Phi) is 3.31. The molecule has 0 aromatic heterocycles. The van der Waals surface area contributed by atoms with Gasteiger partial charge in [0, 0.05) is 29.8 Å². The summed E-state index contributed by atoms with van der Waals surface area (Å²) in [4.78, 5) is 0. The van der Waals surface area contributed by atoms with Crippen molar-refractivity contribution in [1.82, 2.24) is 5.32 Å². The largest absolute Gasteiger partial charge is 0.496 e. The summed E-state index contributed by atoms with van der Waals surface area (Å²) in [6, 6.07) is 1.98. The summed E-state index contributed by atoms with van der Waals surface area (Å²) in [5, 5.41) is 3.34. The summed E-state index contributed by atoms with van der Waals surface area (Å²) in [6.45, 7) is 2.28. The van der Waals surface area contributed by atoms with Crippen LogP contribution in [0, 0.1) is 0 Å². The highest BCUT2D eigenvalue weighted by atomic mass is 16.5. The minimum atomic E-state index is 0.472. The number of fused-ring (bicyclic) bond motifs is 1. The van der Waals surface area contributed by atoms with Crippen molar-refractivity contribution < 1.29 is 9.47 Å². The van der Waals surface area contributed by atoms with E-state index < -0.39 is 0 Å². The molecule has 0 amide bonds. The van der Waals surface area contributed by atoms with Gasteiger partial charge in [-0.2, -0.15) is 0 Å². The van der Waals surface area contributed by atoms with Crippen molar-refractivity contribution in [3.63, 3.8) is 0 Å². The number of methoxy groups -OCH3 is 2. The predicted molar refractivity (Wildman–Crippen MR) is 62.8 cm³/mol. The van der Waals surface area contributed by atoms with Crippen LogP contribution in [0.3, 0.4) is 0 Å². The van der Waals surface area contributed by atoms with Crippen molar-refractivity contribution in [2.24, 2.45) is 5.73 Å². The molecule has 16 heavy (non-hydrogen) atoms. The van der Waals surface area contributed by atoms with Gasteiger partial charge in [0.25, 0.3) is 0 Å². The maximum Gasteiger partial charge on any atom is 0.127 e. The Bertz CT molecular complexity index is 369. The summed E-state index contributed by atoms with van der Waals surface area (Å²) in [5.74, 6) is 1.84. The van der Waals surface area contributed by atoms with E-state index in [1.54, 1.807) is 14.2 Å². The zero-order valence-corrected chi connectivity index (χ0v) is 9.80. The molecule has 1 aliphatic heterocycles. The lowest BCUT2D eigenvalue weighted by molar-refractivity contribution is 0.384. The molecule has 1 aromatic carbocycles. The van der Waals surface area contributed by atoms with E-state index in [4.69, 9.17) is 15.2 Å². The molecule has 0 fully saturated rings. The van der Waals surface area contributed by atoms with Crippen LogP contribution in [0.2, 0.25) is 0 Å². The lowest BCUT2D eigenvalue weighted by Crippen LogP contribution is -2.25. The number of nitrogens with one attached hydrogen (secondary N) is 1. The van der Waals surface area contributed by atoms with Gasteiger partial charge in [0.15, 0.2) is 0 Å². The molecular weight excluding hydrogens is 204 g/mol. The molecule has 1 aromatic rings. The third-order valence-electron chi connectivity index (χ3n) is 3.03. The van der Waals surface area contributed by atoms with Gasteiger partial charge in [-0.15, -0.1) is 0 Å². The van der Waals surface area contributed by atoms with Crippen LogP contribution in [-0.2, 0) is 19.5 Å². The van der Waals surface area contributed by atoms with Gasteiger partial charge in [-0.1, -0.05) is 0 Å². The molecule has 0 saturated heterocycles. The second kappa shape index (κ2) is 4.72. The molecule has 1 aliphatic rings. The van der Waals surface area contributed by atoms with Gasteiger partial charge in [0.1, 0.15) is 11.5 Å². The first-order chi connectivity index (χ1) is 7.81. The molecule has 1 heterocycles. The van der Waals surface area contributed by atoms with E-state index in [0.29, 0.717) is 6.54 Å². The van der Waals surface area contributed by atoms with Gasteiger partial charge >= 0.3 is 0 Å². The maximum absolute atomic E-state index is 5.73. The summed E-state index contributed by atoms with van der Waals surface area (Å²) in [5.41, 5.74) is 9.18. The molecule has 3 N–H and O–H groups in total. The van der Waals surface area contributed by atoms with E-state index >= 15 is 0 Å². The molecule has 0 spiro atoms. The Morgan fingerprint density at radius 3 is 2.75 bits per heavy atom. The summed E-state index contributed by atoms with van der Waals surface area (Å²) < 4.78 is 10.9. The van der Waals surface area contributed by atoms with Gasteiger partial charge < -0.3 is 20.5 Å². The number of ether oxygens (including phenoxy) is 2. The fraction of sp³-hybridized carbons (Fsp3) is 0.500. The fourth-order valence-electron chi connectivity index (χ4n) is 2.26. The molecule has 0 unspecified atom stereocenters. The van der Waals surface area contributed by atoms with Crippen LogP contribution in [0.5, 0.6) is 11.5 Å². The van der Waals surface area contributed by atoms with Gasteiger partial charge in [-0.25, -0.2) is 0 Å². The van der Waals surface area contributed by atoms with Crippen LogP contribution in [0.1, 0.15) is 16.7 Å². The van der Waals surface area contributed by atoms with Crippen LogP contribution < -0.4 is 20.5 Å². The first-order valence-corrected chi connectivity index (χ1v) is 5.48. The zero-order valence-electron chi connectivity index (χ0n) is 9.80. The second-order valence-electron chi connectivity index (χ2n) is 3.86. The number of hydrogen-bond donors (Lipinski definition) is 2. The van der Waals surface area contributed by atoms with Crippen LogP contribution in [0.4, 0.5) is 0 Å². The minimum absolute atomic E-state index is 0.472. The molecular formula is C12H18N2O2. The molecule has 0 saturated carbocycles. The third-order valence-corrected chi connectivity index (χ3v) is 3.03. The van der Waals surface area contributed by atoms with Crippen molar-refractivity contribution >= 4 is 0 Å². The monoisotopic (exact) mass is 222 g/mol. The highest BCUT2D eigenvalue weighted by molar-refractivity contribution is 5.54. The quantitative estimate of drug-likeness (QED) is 0.794. The third kappa shape index (κ3) is 1.74. The van der Waals surface area contributed by atoms with Crippen LogP contribution in [0.15, 0.2) is 6.07 Å². The fourth-order valence-corrected chi connectivity index (χ4v) is 2.26. The summed E-state index contributed by atoms with van der Waals surface area (Å²) >= 11 is 0. The average Bonchev–Trinajstić information content (AvgIpc) is 2.36. The lowest BCUT2D eigenvalue weighted by Gasteiger charge is -2.24. The first kappa shape index (κ1) is 11.2. The van der Waals surface area contributed by atoms with Crippen LogP contribution in [-0.4, -0.2) is 20.8 Å². The van der Waals surface area contributed by atoms with E-state index in [2.05, 4.69) is 5.32 Å². The van der Waals surface area contributed by atoms with E-state index in [1.165, 1.54) is 11.1 Å². The smallest absolute Gasteiger partial charge is 0.127 e. The van der Waals surface area contributed by atoms with E-state index in [1.807, 2.05) is 6.07 Å². The number of benzene rings is 1. The Labute approximate surface area is 95.7 Å². The first-order valence-electron chi connectivity index (χ1n) is 5.48. The predicted octanol–water partition coefficient (Wildman–Crippen LogP) is 0.808. The van der Waals surface area contributed by atoms with Gasteiger partial charge in [-0.3, -0.25) is 0 Å². The SMILES string of the molecule is COc1cc(CN)c(OC)c2c1CNCC2. The molecule has 4 nitrogen and oxygen atoms in total. The van der Waals surface area contributed by atoms with E-state index in [9.17, 15) is 0 Å². The van der Waals surface area contributed by atoms with E-state index in [0.717, 1.165) is 36.6 Å². The standard InChI is InChI=1S/C12H18N2O2/c1-15-11-5-8(6-13)12(16-2)9-3-4-14-7-10(9)11/h5,14H,3-4,6-7,13H2,1-2H3. The number of rotatable bonds is 3. The molecule has 4 heteroatoms. The number of nitrogens with two attached hydrogens (primary N) is 1. The molecule has 88 valence electrons. The van der Waals surface area contributed by atoms with Crippen LogP contribution in [0.25, 0.3) is 0 Å². The Hall–Kier alpha value is -1.26. The van der Waals surface area contributed by atoms with Crippen molar-refractivity contribution in [2.45, 2.75) is 19.5 Å². The summed E-state index contributed by atoms with van der Waals surface area (Å²) in [6.07, 6.45) is 0.961. The highest BCUT2D eigenvalue weighted by Gasteiger charge is 2.20. The van der Waals surface area contributed by atoms with Gasteiger partial charge in [0.2, 0.25) is 0 Å². The minimum Gasteiger partial charge on any atom is -0.496 e. The molecule has 0 bridgehead atoms. The molecule has 0 atom stereocenters. The topological polar surface area (TPSA) is 56.5 Å².